The first-order chi connectivity index (χ1) is 8.69. The third-order valence-corrected chi connectivity index (χ3v) is 3.87. The average molecular weight is 282 g/mol. The molecule has 1 nitrogen and oxygen atoms in total. The van der Waals surface area contributed by atoms with Crippen LogP contribution in [0.25, 0.3) is 0 Å². The molecule has 0 fully saturated rings. The second-order valence-electron chi connectivity index (χ2n) is 3.87. The Hall–Kier alpha value is -1.03. The fourth-order valence-electron chi connectivity index (χ4n) is 1.53. The van der Waals surface area contributed by atoms with Crippen LogP contribution in [0.4, 0.5) is 4.39 Å². The Bertz CT molecular complexity index is 528. The standard InChI is InChI=1S/C14H13ClFNS/c15-12-3-5-13(6-4-12)18-9-11-2-1-10(8-17)7-14(11)16/h1-7H,8-9,17H2. The number of halogens is 2. The number of nitrogens with two attached hydrogens (primary N) is 1. The molecule has 0 amide bonds. The lowest BCUT2D eigenvalue weighted by Gasteiger charge is -2.05. The van der Waals surface area contributed by atoms with E-state index in [4.69, 9.17) is 17.3 Å². The van der Waals surface area contributed by atoms with Gasteiger partial charge in [-0.25, -0.2) is 4.39 Å². The van der Waals surface area contributed by atoms with E-state index in [1.165, 1.54) is 6.07 Å². The van der Waals surface area contributed by atoms with Gasteiger partial charge in [-0.05, 0) is 41.5 Å². The van der Waals surface area contributed by atoms with E-state index in [0.717, 1.165) is 10.5 Å². The Balaban J connectivity index is 2.04. The maximum Gasteiger partial charge on any atom is 0.127 e. The van der Waals surface area contributed by atoms with Gasteiger partial charge < -0.3 is 5.73 Å². The van der Waals surface area contributed by atoms with Gasteiger partial charge in [0.2, 0.25) is 0 Å². The van der Waals surface area contributed by atoms with Gasteiger partial charge in [0, 0.05) is 22.2 Å². The lowest BCUT2D eigenvalue weighted by molar-refractivity contribution is 0.615. The Morgan fingerprint density at radius 2 is 1.83 bits per heavy atom. The molecule has 2 N–H and O–H groups in total. The van der Waals surface area contributed by atoms with Gasteiger partial charge >= 0.3 is 0 Å². The molecule has 0 spiro atoms. The number of hydrogen-bond acceptors (Lipinski definition) is 2. The van der Waals surface area contributed by atoms with E-state index in [9.17, 15) is 4.39 Å². The van der Waals surface area contributed by atoms with Gasteiger partial charge in [-0.1, -0.05) is 23.7 Å². The van der Waals surface area contributed by atoms with Crippen LogP contribution in [0.3, 0.4) is 0 Å². The highest BCUT2D eigenvalue weighted by Crippen LogP contribution is 2.25. The molecule has 2 aromatic carbocycles. The lowest BCUT2D eigenvalue weighted by atomic mass is 10.1. The zero-order valence-electron chi connectivity index (χ0n) is 9.70. The van der Waals surface area contributed by atoms with E-state index in [2.05, 4.69) is 0 Å². The van der Waals surface area contributed by atoms with Gasteiger partial charge in [-0.2, -0.15) is 0 Å². The molecular weight excluding hydrogens is 269 g/mol. The van der Waals surface area contributed by atoms with Crippen LogP contribution in [0.2, 0.25) is 5.02 Å². The van der Waals surface area contributed by atoms with Gasteiger partial charge in [0.25, 0.3) is 0 Å². The quantitative estimate of drug-likeness (QED) is 0.849. The predicted octanol–water partition coefficient (Wildman–Crippen LogP) is 4.23. The third kappa shape index (κ3) is 3.48. The van der Waals surface area contributed by atoms with Gasteiger partial charge in [0.15, 0.2) is 0 Å². The normalized spacial score (nSPS) is 10.6. The highest BCUT2D eigenvalue weighted by molar-refractivity contribution is 7.98. The van der Waals surface area contributed by atoms with Crippen molar-refractivity contribution in [2.45, 2.75) is 17.2 Å². The van der Waals surface area contributed by atoms with Gasteiger partial charge in [0.1, 0.15) is 5.82 Å². The summed E-state index contributed by atoms with van der Waals surface area (Å²) < 4.78 is 13.7. The van der Waals surface area contributed by atoms with E-state index in [1.807, 2.05) is 30.3 Å². The highest BCUT2D eigenvalue weighted by Gasteiger charge is 2.04. The summed E-state index contributed by atoms with van der Waals surface area (Å²) >= 11 is 7.39. The molecule has 0 atom stereocenters. The van der Waals surface area contributed by atoms with Crippen LogP contribution in [-0.4, -0.2) is 0 Å². The average Bonchev–Trinajstić information content (AvgIpc) is 2.39. The minimum absolute atomic E-state index is 0.195. The smallest absolute Gasteiger partial charge is 0.127 e. The van der Waals surface area contributed by atoms with Gasteiger partial charge in [-0.15, -0.1) is 11.8 Å². The molecule has 0 aliphatic heterocycles. The molecule has 0 radical (unpaired) electrons. The second-order valence-corrected chi connectivity index (χ2v) is 5.36. The van der Waals surface area contributed by atoms with Crippen molar-refractivity contribution in [3.8, 4) is 0 Å². The summed E-state index contributed by atoms with van der Waals surface area (Å²) in [4.78, 5) is 1.07. The summed E-state index contributed by atoms with van der Waals surface area (Å²) in [5.41, 5.74) is 6.96. The Kier molecular flexibility index (Phi) is 4.64. The van der Waals surface area contributed by atoms with Crippen molar-refractivity contribution in [1.82, 2.24) is 0 Å². The topological polar surface area (TPSA) is 26.0 Å². The molecule has 94 valence electrons. The molecule has 0 unspecified atom stereocenters. The molecule has 0 saturated heterocycles. The first-order valence-corrected chi connectivity index (χ1v) is 6.91. The fourth-order valence-corrected chi connectivity index (χ4v) is 2.54. The molecule has 0 heterocycles. The van der Waals surface area contributed by atoms with Crippen molar-refractivity contribution in [3.05, 3.63) is 64.4 Å². The molecule has 18 heavy (non-hydrogen) atoms. The Labute approximate surface area is 115 Å². The lowest BCUT2D eigenvalue weighted by Crippen LogP contribution is -1.98. The van der Waals surface area contributed by atoms with E-state index < -0.39 is 0 Å². The van der Waals surface area contributed by atoms with Crippen molar-refractivity contribution in [1.29, 1.82) is 0 Å². The summed E-state index contributed by atoms with van der Waals surface area (Å²) in [7, 11) is 0. The van der Waals surface area contributed by atoms with E-state index in [-0.39, 0.29) is 5.82 Å². The molecule has 4 heteroatoms. The number of rotatable bonds is 4. The summed E-state index contributed by atoms with van der Waals surface area (Å²) in [6, 6.07) is 12.7. The monoisotopic (exact) mass is 281 g/mol. The minimum Gasteiger partial charge on any atom is -0.326 e. The number of benzene rings is 2. The first kappa shape index (κ1) is 13.4. The van der Waals surface area contributed by atoms with Crippen LogP contribution in [0.1, 0.15) is 11.1 Å². The van der Waals surface area contributed by atoms with Crippen LogP contribution in [-0.2, 0) is 12.3 Å². The molecular formula is C14H13ClFNS. The van der Waals surface area contributed by atoms with E-state index >= 15 is 0 Å². The molecule has 0 saturated carbocycles. The van der Waals surface area contributed by atoms with Crippen molar-refractivity contribution >= 4 is 23.4 Å². The summed E-state index contributed by atoms with van der Waals surface area (Å²) in [6.07, 6.45) is 0. The zero-order valence-corrected chi connectivity index (χ0v) is 11.3. The Morgan fingerprint density at radius 3 is 2.44 bits per heavy atom. The summed E-state index contributed by atoms with van der Waals surface area (Å²) in [5.74, 6) is 0.401. The molecule has 0 bridgehead atoms. The largest absolute Gasteiger partial charge is 0.326 e. The molecule has 2 rings (SSSR count). The SMILES string of the molecule is NCc1ccc(CSc2ccc(Cl)cc2)c(F)c1. The van der Waals surface area contributed by atoms with Crippen molar-refractivity contribution in [2.24, 2.45) is 5.73 Å². The predicted molar refractivity (Wildman–Crippen MR) is 75.3 cm³/mol. The molecule has 2 aromatic rings. The van der Waals surface area contributed by atoms with Crippen LogP contribution in [0, 0.1) is 5.82 Å². The second kappa shape index (κ2) is 6.23. The maximum atomic E-state index is 13.7. The van der Waals surface area contributed by atoms with Crippen LogP contribution < -0.4 is 5.73 Å². The Morgan fingerprint density at radius 1 is 1.11 bits per heavy atom. The van der Waals surface area contributed by atoms with Crippen LogP contribution in [0.15, 0.2) is 47.4 Å². The summed E-state index contributed by atoms with van der Waals surface area (Å²) in [6.45, 7) is 0.363. The molecule has 0 aliphatic rings. The van der Waals surface area contributed by atoms with Crippen molar-refractivity contribution in [3.63, 3.8) is 0 Å². The van der Waals surface area contributed by atoms with E-state index in [0.29, 0.717) is 22.9 Å². The van der Waals surface area contributed by atoms with Gasteiger partial charge in [0.05, 0.1) is 0 Å². The summed E-state index contributed by atoms with van der Waals surface area (Å²) in [5, 5.41) is 0.706. The van der Waals surface area contributed by atoms with E-state index in [1.54, 1.807) is 17.8 Å². The van der Waals surface area contributed by atoms with Crippen molar-refractivity contribution in [2.75, 3.05) is 0 Å². The van der Waals surface area contributed by atoms with Gasteiger partial charge in [-0.3, -0.25) is 0 Å². The number of thioether (sulfide) groups is 1. The zero-order chi connectivity index (χ0) is 13.0. The van der Waals surface area contributed by atoms with Crippen LogP contribution in [0.5, 0.6) is 0 Å². The minimum atomic E-state index is -0.195. The maximum absolute atomic E-state index is 13.7. The molecule has 0 aromatic heterocycles. The highest BCUT2D eigenvalue weighted by atomic mass is 35.5. The third-order valence-electron chi connectivity index (χ3n) is 2.56. The van der Waals surface area contributed by atoms with Crippen LogP contribution >= 0.6 is 23.4 Å². The fraction of sp³-hybridized carbons (Fsp3) is 0.143. The van der Waals surface area contributed by atoms with Crippen molar-refractivity contribution < 1.29 is 4.39 Å². The molecule has 0 aliphatic carbocycles. The number of hydrogen-bond donors (Lipinski definition) is 1. The first-order valence-electron chi connectivity index (χ1n) is 5.55.